The van der Waals surface area contributed by atoms with Crippen molar-refractivity contribution in [2.24, 2.45) is 0 Å². The minimum absolute atomic E-state index is 0.122. The van der Waals surface area contributed by atoms with Gasteiger partial charge in [-0.05, 0) is 62.5 Å². The largest absolute Gasteiger partial charge is 0.573 e. The van der Waals surface area contributed by atoms with Gasteiger partial charge in [0.25, 0.3) is 0 Å². The molecule has 8 heteroatoms. The van der Waals surface area contributed by atoms with E-state index in [-0.39, 0.29) is 5.56 Å². The second-order valence-electron chi connectivity index (χ2n) is 6.51. The molecule has 148 valence electrons. The van der Waals surface area contributed by atoms with Crippen LogP contribution in [0.3, 0.4) is 0 Å². The van der Waals surface area contributed by atoms with Crippen molar-refractivity contribution < 1.29 is 27.4 Å². The van der Waals surface area contributed by atoms with Crippen LogP contribution in [0.1, 0.15) is 15.9 Å². The van der Waals surface area contributed by atoms with Gasteiger partial charge >= 0.3 is 12.3 Å². The van der Waals surface area contributed by atoms with Gasteiger partial charge in [-0.3, -0.25) is 0 Å². The Labute approximate surface area is 159 Å². The summed E-state index contributed by atoms with van der Waals surface area (Å²) >= 11 is 0. The number of aromatic nitrogens is 1. The van der Waals surface area contributed by atoms with Crippen molar-refractivity contribution in [3.8, 4) is 11.5 Å². The second-order valence-corrected chi connectivity index (χ2v) is 6.51. The van der Waals surface area contributed by atoms with Crippen molar-refractivity contribution in [2.45, 2.75) is 12.8 Å². The molecule has 5 nitrogen and oxygen atoms in total. The molecular formula is C20H19F3N2O3. The first kappa shape index (κ1) is 19.8. The number of carbonyl (C=O) groups is 1. The van der Waals surface area contributed by atoms with Crippen molar-refractivity contribution in [1.29, 1.82) is 0 Å². The van der Waals surface area contributed by atoms with Crippen molar-refractivity contribution >= 4 is 16.9 Å². The Balaban J connectivity index is 1.80. The lowest BCUT2D eigenvalue weighted by Crippen LogP contribution is -2.17. The monoisotopic (exact) mass is 392 g/mol. The minimum Gasteiger partial charge on any atom is -0.422 e. The third kappa shape index (κ3) is 4.83. The number of rotatable bonds is 6. The molecule has 0 atom stereocenters. The van der Waals surface area contributed by atoms with Crippen LogP contribution < -0.4 is 9.47 Å². The van der Waals surface area contributed by atoms with Gasteiger partial charge in [0.1, 0.15) is 11.5 Å². The van der Waals surface area contributed by atoms with Crippen LogP contribution in [0.4, 0.5) is 13.2 Å². The molecule has 0 spiro atoms. The molecule has 0 unspecified atom stereocenters. The number of hydrogen-bond donors (Lipinski definition) is 1. The predicted octanol–water partition coefficient (Wildman–Crippen LogP) is 4.39. The number of nitrogens with one attached hydrogen (secondary N) is 1. The topological polar surface area (TPSA) is 54.6 Å². The summed E-state index contributed by atoms with van der Waals surface area (Å²) in [5.41, 5.74) is 1.98. The molecule has 0 saturated carbocycles. The first-order valence-electron chi connectivity index (χ1n) is 8.54. The van der Waals surface area contributed by atoms with E-state index in [1.165, 1.54) is 12.1 Å². The third-order valence-electron chi connectivity index (χ3n) is 4.10. The van der Waals surface area contributed by atoms with Crippen molar-refractivity contribution in [1.82, 2.24) is 9.88 Å². The lowest BCUT2D eigenvalue weighted by molar-refractivity contribution is -0.274. The Morgan fingerprint density at radius 2 is 1.82 bits per heavy atom. The van der Waals surface area contributed by atoms with Crippen LogP contribution in [-0.2, 0) is 6.42 Å². The molecule has 1 N–H and O–H groups in total. The average molecular weight is 392 g/mol. The summed E-state index contributed by atoms with van der Waals surface area (Å²) in [5.74, 6) is -0.665. The highest BCUT2D eigenvalue weighted by Gasteiger charge is 2.31. The van der Waals surface area contributed by atoms with Crippen LogP contribution in [0.5, 0.6) is 11.5 Å². The normalized spacial score (nSPS) is 11.8. The maximum absolute atomic E-state index is 12.4. The molecule has 0 fully saturated rings. The van der Waals surface area contributed by atoms with E-state index >= 15 is 0 Å². The molecule has 2 aromatic carbocycles. The summed E-state index contributed by atoms with van der Waals surface area (Å²) in [4.78, 5) is 17.7. The van der Waals surface area contributed by atoms with Crippen LogP contribution in [0.25, 0.3) is 10.9 Å². The molecule has 0 amide bonds. The zero-order chi connectivity index (χ0) is 20.3. The van der Waals surface area contributed by atoms with Crippen LogP contribution >= 0.6 is 0 Å². The SMILES string of the molecule is CN(C)CCc1c[nH]c2cccc(OC(=O)c3ccc(OC(F)(F)F)cc3)c12. The average Bonchev–Trinajstić information content (AvgIpc) is 3.03. The fourth-order valence-corrected chi connectivity index (χ4v) is 2.80. The standard InChI is InChI=1S/C20H19F3N2O3/c1-25(2)11-10-14-12-24-16-4-3-5-17(18(14)16)27-19(26)13-6-8-15(9-7-13)28-20(21,22)23/h3-9,12,24H,10-11H2,1-2H3. The van der Waals surface area contributed by atoms with Crippen molar-refractivity contribution in [3.63, 3.8) is 0 Å². The van der Waals surface area contributed by atoms with Gasteiger partial charge in [0.2, 0.25) is 0 Å². The van der Waals surface area contributed by atoms with Crippen LogP contribution in [0, 0.1) is 0 Å². The number of fused-ring (bicyclic) bond motifs is 1. The van der Waals surface area contributed by atoms with Crippen molar-refractivity contribution in [3.05, 3.63) is 59.8 Å². The second kappa shape index (κ2) is 7.93. The Hall–Kier alpha value is -3.00. The molecule has 0 saturated heterocycles. The number of alkyl halides is 3. The van der Waals surface area contributed by atoms with Gasteiger partial charge in [-0.15, -0.1) is 13.2 Å². The van der Waals surface area contributed by atoms with E-state index in [2.05, 4.69) is 14.6 Å². The van der Waals surface area contributed by atoms with Gasteiger partial charge in [-0.2, -0.15) is 0 Å². The van der Waals surface area contributed by atoms with Gasteiger partial charge in [0, 0.05) is 23.6 Å². The highest BCUT2D eigenvalue weighted by atomic mass is 19.4. The Kier molecular flexibility index (Phi) is 5.60. The van der Waals surface area contributed by atoms with E-state index in [1.54, 1.807) is 12.1 Å². The molecule has 3 aromatic rings. The highest BCUT2D eigenvalue weighted by Crippen LogP contribution is 2.30. The first-order valence-corrected chi connectivity index (χ1v) is 8.54. The molecule has 1 aromatic heterocycles. The molecule has 1 heterocycles. The number of H-pyrrole nitrogens is 1. The quantitative estimate of drug-likeness (QED) is 0.499. The summed E-state index contributed by atoms with van der Waals surface area (Å²) in [6, 6.07) is 9.94. The number of esters is 1. The van der Waals surface area contributed by atoms with E-state index in [0.717, 1.165) is 41.6 Å². The molecule has 3 rings (SSSR count). The van der Waals surface area contributed by atoms with E-state index in [9.17, 15) is 18.0 Å². The summed E-state index contributed by atoms with van der Waals surface area (Å²) in [5, 5.41) is 0.815. The van der Waals surface area contributed by atoms with Crippen molar-refractivity contribution in [2.75, 3.05) is 20.6 Å². The Morgan fingerprint density at radius 3 is 2.46 bits per heavy atom. The minimum atomic E-state index is -4.78. The first-order chi connectivity index (χ1) is 13.2. The van der Waals surface area contributed by atoms with Crippen LogP contribution in [-0.4, -0.2) is 42.9 Å². The van der Waals surface area contributed by atoms with E-state index in [0.29, 0.717) is 5.75 Å². The van der Waals surface area contributed by atoms with Gasteiger partial charge in [-0.1, -0.05) is 6.07 Å². The van der Waals surface area contributed by atoms with Gasteiger partial charge in [0.15, 0.2) is 0 Å². The molecule has 0 radical (unpaired) electrons. The summed E-state index contributed by atoms with van der Waals surface area (Å²) in [7, 11) is 3.95. The number of ether oxygens (including phenoxy) is 2. The number of hydrogen-bond acceptors (Lipinski definition) is 4. The molecule has 0 bridgehead atoms. The predicted molar refractivity (Wildman–Crippen MR) is 98.6 cm³/mol. The van der Waals surface area contributed by atoms with E-state index in [4.69, 9.17) is 4.74 Å². The fraction of sp³-hybridized carbons (Fsp3) is 0.250. The highest BCUT2D eigenvalue weighted by molar-refractivity contribution is 5.96. The van der Waals surface area contributed by atoms with E-state index < -0.39 is 18.1 Å². The van der Waals surface area contributed by atoms with Crippen LogP contribution in [0.15, 0.2) is 48.7 Å². The number of likely N-dealkylation sites (N-methyl/N-ethyl adjacent to an activating group) is 1. The summed E-state index contributed by atoms with van der Waals surface area (Å²) < 4.78 is 46.0. The molecular weight excluding hydrogens is 373 g/mol. The Bertz CT molecular complexity index is 963. The number of halogens is 3. The van der Waals surface area contributed by atoms with E-state index in [1.807, 2.05) is 26.4 Å². The number of carbonyl (C=O) groups excluding carboxylic acids is 1. The molecule has 0 aliphatic rings. The number of benzene rings is 2. The molecule has 0 aliphatic heterocycles. The third-order valence-corrected chi connectivity index (χ3v) is 4.10. The maximum atomic E-state index is 12.4. The zero-order valence-corrected chi connectivity index (χ0v) is 15.3. The lowest BCUT2D eigenvalue weighted by Gasteiger charge is -2.11. The molecule has 28 heavy (non-hydrogen) atoms. The fourth-order valence-electron chi connectivity index (χ4n) is 2.80. The van der Waals surface area contributed by atoms with Gasteiger partial charge in [0.05, 0.1) is 5.56 Å². The summed E-state index contributed by atoms with van der Waals surface area (Å²) in [6.07, 6.45) is -2.13. The smallest absolute Gasteiger partial charge is 0.422 e. The number of nitrogens with zero attached hydrogens (tertiary/aromatic N) is 1. The Morgan fingerprint density at radius 1 is 1.11 bits per heavy atom. The molecule has 0 aliphatic carbocycles. The van der Waals surface area contributed by atoms with Gasteiger partial charge < -0.3 is 19.4 Å². The van der Waals surface area contributed by atoms with Crippen LogP contribution in [0.2, 0.25) is 0 Å². The maximum Gasteiger partial charge on any atom is 0.573 e. The summed E-state index contributed by atoms with van der Waals surface area (Å²) in [6.45, 7) is 0.829. The lowest BCUT2D eigenvalue weighted by atomic mass is 10.1. The van der Waals surface area contributed by atoms with Gasteiger partial charge in [-0.25, -0.2) is 4.79 Å². The zero-order valence-electron chi connectivity index (χ0n) is 15.3. The number of aromatic amines is 1.